The minimum absolute atomic E-state index is 0.866. The molecule has 7 heavy (non-hydrogen) atoms. The molecule has 0 aromatic rings. The van der Waals surface area contributed by atoms with Crippen LogP contribution in [0.2, 0.25) is 0 Å². The first kappa shape index (κ1) is 5.10. The van der Waals surface area contributed by atoms with Crippen molar-refractivity contribution in [3.05, 3.63) is 0 Å². The second-order valence-corrected chi connectivity index (χ2v) is 2.40. The normalized spacial score (nSPS) is 32.6. The minimum atomic E-state index is 0.866. The molecule has 1 fully saturated rings. The molecule has 0 saturated carbocycles. The highest BCUT2D eigenvalue weighted by atomic mass is 15.1. The van der Waals surface area contributed by atoms with Crippen molar-refractivity contribution in [2.75, 3.05) is 6.54 Å². The van der Waals surface area contributed by atoms with Crippen LogP contribution in [-0.2, 0) is 0 Å². The van der Waals surface area contributed by atoms with Gasteiger partial charge in [-0.05, 0) is 5.92 Å². The summed E-state index contributed by atoms with van der Waals surface area (Å²) in [5.41, 5.74) is 0. The lowest BCUT2D eigenvalue weighted by Crippen LogP contribution is -2.03. The van der Waals surface area contributed by atoms with Crippen LogP contribution in [0.15, 0.2) is 0 Å². The topological polar surface area (TPSA) is 21.9 Å². The standard InChI is InChI=1S/C6H13N/c1-3-5(2)6-4-7-6/h5-7H,3-4H2,1-2H3. The van der Waals surface area contributed by atoms with Gasteiger partial charge in [0, 0.05) is 12.6 Å². The Balaban J connectivity index is 2.10. The van der Waals surface area contributed by atoms with E-state index in [0.717, 1.165) is 12.0 Å². The molecule has 0 spiro atoms. The fourth-order valence-corrected chi connectivity index (χ4v) is 0.755. The van der Waals surface area contributed by atoms with Gasteiger partial charge in [0.05, 0.1) is 0 Å². The van der Waals surface area contributed by atoms with E-state index < -0.39 is 0 Å². The minimum Gasteiger partial charge on any atom is -0.311 e. The van der Waals surface area contributed by atoms with Crippen molar-refractivity contribution < 1.29 is 0 Å². The van der Waals surface area contributed by atoms with Gasteiger partial charge in [-0.25, -0.2) is 0 Å². The fourth-order valence-electron chi connectivity index (χ4n) is 0.755. The van der Waals surface area contributed by atoms with Crippen molar-refractivity contribution in [1.82, 2.24) is 5.32 Å². The van der Waals surface area contributed by atoms with E-state index in [1.165, 1.54) is 13.0 Å². The van der Waals surface area contributed by atoms with Crippen LogP contribution in [0.3, 0.4) is 0 Å². The average Bonchev–Trinajstić information content (AvgIpc) is 2.44. The first-order chi connectivity index (χ1) is 3.34. The second kappa shape index (κ2) is 1.83. The fraction of sp³-hybridized carbons (Fsp3) is 1.00. The van der Waals surface area contributed by atoms with Gasteiger partial charge in [0.15, 0.2) is 0 Å². The molecular weight excluding hydrogens is 86.1 g/mol. The van der Waals surface area contributed by atoms with Crippen LogP contribution >= 0.6 is 0 Å². The highest BCUT2D eigenvalue weighted by molar-refractivity contribution is 4.86. The molecule has 0 amide bonds. The summed E-state index contributed by atoms with van der Waals surface area (Å²) < 4.78 is 0. The maximum Gasteiger partial charge on any atom is 0.0218 e. The first-order valence-electron chi connectivity index (χ1n) is 3.08. The summed E-state index contributed by atoms with van der Waals surface area (Å²) >= 11 is 0. The van der Waals surface area contributed by atoms with Crippen LogP contribution in [0.4, 0.5) is 0 Å². The Kier molecular flexibility index (Phi) is 1.33. The summed E-state index contributed by atoms with van der Waals surface area (Å²) in [5, 5.41) is 3.29. The molecule has 0 aromatic carbocycles. The first-order valence-corrected chi connectivity index (χ1v) is 3.08. The van der Waals surface area contributed by atoms with E-state index in [1.807, 2.05) is 0 Å². The number of hydrogen-bond acceptors (Lipinski definition) is 1. The predicted molar refractivity (Wildman–Crippen MR) is 31.2 cm³/mol. The van der Waals surface area contributed by atoms with Crippen molar-refractivity contribution >= 4 is 0 Å². The van der Waals surface area contributed by atoms with E-state index in [9.17, 15) is 0 Å². The van der Waals surface area contributed by atoms with E-state index in [0.29, 0.717) is 0 Å². The maximum atomic E-state index is 3.29. The zero-order valence-electron chi connectivity index (χ0n) is 5.07. The van der Waals surface area contributed by atoms with Gasteiger partial charge in [-0.15, -0.1) is 0 Å². The van der Waals surface area contributed by atoms with E-state index in [4.69, 9.17) is 0 Å². The lowest BCUT2D eigenvalue weighted by Gasteiger charge is -2.00. The molecule has 0 bridgehead atoms. The van der Waals surface area contributed by atoms with Gasteiger partial charge in [-0.1, -0.05) is 20.3 Å². The largest absolute Gasteiger partial charge is 0.311 e. The Morgan fingerprint density at radius 1 is 1.86 bits per heavy atom. The van der Waals surface area contributed by atoms with E-state index in [1.54, 1.807) is 0 Å². The third-order valence-corrected chi connectivity index (χ3v) is 1.77. The quantitative estimate of drug-likeness (QED) is 0.513. The second-order valence-electron chi connectivity index (χ2n) is 2.40. The van der Waals surface area contributed by atoms with Gasteiger partial charge in [-0.3, -0.25) is 0 Å². The third-order valence-electron chi connectivity index (χ3n) is 1.77. The lowest BCUT2D eigenvalue weighted by atomic mass is 10.1. The van der Waals surface area contributed by atoms with Gasteiger partial charge in [-0.2, -0.15) is 0 Å². The van der Waals surface area contributed by atoms with Crippen molar-refractivity contribution in [3.8, 4) is 0 Å². The van der Waals surface area contributed by atoms with Crippen LogP contribution in [0.5, 0.6) is 0 Å². The molecule has 1 N–H and O–H groups in total. The lowest BCUT2D eigenvalue weighted by molar-refractivity contribution is 0.550. The predicted octanol–water partition coefficient (Wildman–Crippen LogP) is 1.00. The summed E-state index contributed by atoms with van der Waals surface area (Å²) in [6.45, 7) is 5.80. The zero-order chi connectivity index (χ0) is 5.28. The molecule has 2 unspecified atom stereocenters. The van der Waals surface area contributed by atoms with Crippen molar-refractivity contribution in [1.29, 1.82) is 0 Å². The molecule has 1 aliphatic rings. The number of hydrogen-bond donors (Lipinski definition) is 1. The van der Waals surface area contributed by atoms with Gasteiger partial charge >= 0.3 is 0 Å². The summed E-state index contributed by atoms with van der Waals surface area (Å²) in [6.07, 6.45) is 1.32. The molecule has 1 saturated heterocycles. The highest BCUT2D eigenvalue weighted by Gasteiger charge is 2.24. The molecule has 42 valence electrons. The SMILES string of the molecule is CCC(C)C1CN1. The molecule has 2 atom stereocenters. The Labute approximate surface area is 45.1 Å². The number of nitrogens with one attached hydrogen (secondary N) is 1. The van der Waals surface area contributed by atoms with Crippen LogP contribution in [0, 0.1) is 5.92 Å². The van der Waals surface area contributed by atoms with Crippen molar-refractivity contribution in [2.45, 2.75) is 26.3 Å². The van der Waals surface area contributed by atoms with Gasteiger partial charge in [0.25, 0.3) is 0 Å². The molecular formula is C6H13N. The van der Waals surface area contributed by atoms with Crippen molar-refractivity contribution in [3.63, 3.8) is 0 Å². The summed E-state index contributed by atoms with van der Waals surface area (Å²) in [5.74, 6) is 0.903. The number of rotatable bonds is 2. The molecule has 0 radical (unpaired) electrons. The highest BCUT2D eigenvalue weighted by Crippen LogP contribution is 2.13. The molecule has 1 heterocycles. The summed E-state index contributed by atoms with van der Waals surface area (Å²) in [6, 6.07) is 0.866. The average molecular weight is 99.2 g/mol. The Bertz CT molecular complexity index is 57.2. The zero-order valence-corrected chi connectivity index (χ0v) is 5.07. The summed E-state index contributed by atoms with van der Waals surface area (Å²) in [4.78, 5) is 0. The van der Waals surface area contributed by atoms with E-state index in [2.05, 4.69) is 19.2 Å². The molecule has 1 heteroatoms. The monoisotopic (exact) mass is 99.1 g/mol. The van der Waals surface area contributed by atoms with Gasteiger partial charge < -0.3 is 5.32 Å². The molecule has 1 rings (SSSR count). The van der Waals surface area contributed by atoms with Crippen molar-refractivity contribution in [2.24, 2.45) is 5.92 Å². The van der Waals surface area contributed by atoms with Crippen LogP contribution < -0.4 is 5.32 Å². The van der Waals surface area contributed by atoms with E-state index in [-0.39, 0.29) is 0 Å². The molecule has 0 aliphatic carbocycles. The summed E-state index contributed by atoms with van der Waals surface area (Å²) in [7, 11) is 0. The van der Waals surface area contributed by atoms with Crippen LogP contribution in [0.1, 0.15) is 20.3 Å². The van der Waals surface area contributed by atoms with E-state index >= 15 is 0 Å². The third kappa shape index (κ3) is 1.16. The Morgan fingerprint density at radius 2 is 2.43 bits per heavy atom. The molecule has 1 aliphatic heterocycles. The Morgan fingerprint density at radius 3 is 2.57 bits per heavy atom. The maximum absolute atomic E-state index is 3.29. The smallest absolute Gasteiger partial charge is 0.0218 e. The van der Waals surface area contributed by atoms with Gasteiger partial charge in [0.1, 0.15) is 0 Å². The molecule has 0 aromatic heterocycles. The Hall–Kier alpha value is -0.0400. The van der Waals surface area contributed by atoms with Crippen LogP contribution in [0.25, 0.3) is 0 Å². The van der Waals surface area contributed by atoms with Gasteiger partial charge in [0.2, 0.25) is 0 Å². The van der Waals surface area contributed by atoms with Crippen LogP contribution in [-0.4, -0.2) is 12.6 Å². The molecule has 1 nitrogen and oxygen atoms in total.